The lowest BCUT2D eigenvalue weighted by Crippen LogP contribution is -2.54. The van der Waals surface area contributed by atoms with Crippen molar-refractivity contribution in [3.05, 3.63) is 35.9 Å². The molecule has 0 amide bonds. The molecule has 0 aliphatic carbocycles. The van der Waals surface area contributed by atoms with Crippen LogP contribution in [0.15, 0.2) is 30.3 Å². The fraction of sp³-hybridized carbons (Fsp3) is 0.462. The van der Waals surface area contributed by atoms with Crippen molar-refractivity contribution in [2.24, 2.45) is 11.7 Å². The van der Waals surface area contributed by atoms with E-state index in [0.717, 1.165) is 26.1 Å². The molecular formula is C13H17N3. The summed E-state index contributed by atoms with van der Waals surface area (Å²) in [6, 6.07) is 12.6. The van der Waals surface area contributed by atoms with E-state index in [1.165, 1.54) is 5.56 Å². The maximum absolute atomic E-state index is 9.16. The van der Waals surface area contributed by atoms with Crippen LogP contribution in [0.5, 0.6) is 0 Å². The smallest absolute Gasteiger partial charge is 0.102 e. The van der Waals surface area contributed by atoms with Gasteiger partial charge in [-0.2, -0.15) is 5.26 Å². The maximum Gasteiger partial charge on any atom is 0.102 e. The van der Waals surface area contributed by atoms with Crippen LogP contribution in [0.3, 0.4) is 0 Å². The average Bonchev–Trinajstić information content (AvgIpc) is 2.27. The normalized spacial score (nSPS) is 18.8. The predicted octanol–water partition coefficient (Wildman–Crippen LogP) is 1.01. The summed E-state index contributed by atoms with van der Waals surface area (Å²) in [5.74, 6) is 0.589. The van der Waals surface area contributed by atoms with Gasteiger partial charge in [-0.1, -0.05) is 30.3 Å². The summed E-state index contributed by atoms with van der Waals surface area (Å²) in [7, 11) is 0. The third kappa shape index (κ3) is 2.41. The van der Waals surface area contributed by atoms with Crippen molar-refractivity contribution >= 4 is 0 Å². The lowest BCUT2D eigenvalue weighted by atomic mass is 9.95. The Kier molecular flexibility index (Phi) is 3.55. The first-order valence-electron chi connectivity index (χ1n) is 5.71. The van der Waals surface area contributed by atoms with Gasteiger partial charge >= 0.3 is 0 Å². The van der Waals surface area contributed by atoms with Gasteiger partial charge in [0.2, 0.25) is 0 Å². The SMILES string of the molecule is N#C[C@@H](Cc1ccccc1)N1CC(CN)C1. The van der Waals surface area contributed by atoms with E-state index in [1.807, 2.05) is 18.2 Å². The summed E-state index contributed by atoms with van der Waals surface area (Å²) >= 11 is 0. The summed E-state index contributed by atoms with van der Waals surface area (Å²) in [6.45, 7) is 2.68. The molecular weight excluding hydrogens is 198 g/mol. The fourth-order valence-corrected chi connectivity index (χ4v) is 2.11. The van der Waals surface area contributed by atoms with Crippen molar-refractivity contribution < 1.29 is 0 Å². The lowest BCUT2D eigenvalue weighted by Gasteiger charge is -2.41. The van der Waals surface area contributed by atoms with Crippen LogP contribution in [-0.2, 0) is 6.42 Å². The lowest BCUT2D eigenvalue weighted by molar-refractivity contribution is 0.0800. The van der Waals surface area contributed by atoms with Crippen molar-refractivity contribution in [2.45, 2.75) is 12.5 Å². The Labute approximate surface area is 96.5 Å². The van der Waals surface area contributed by atoms with Crippen LogP contribution < -0.4 is 5.73 Å². The highest BCUT2D eigenvalue weighted by Crippen LogP contribution is 2.19. The summed E-state index contributed by atoms with van der Waals surface area (Å²) in [6.07, 6.45) is 0.814. The van der Waals surface area contributed by atoms with Crippen molar-refractivity contribution in [1.29, 1.82) is 5.26 Å². The molecule has 16 heavy (non-hydrogen) atoms. The molecule has 0 bridgehead atoms. The first kappa shape index (κ1) is 11.1. The van der Waals surface area contributed by atoms with Crippen LogP contribution in [0.1, 0.15) is 5.56 Å². The molecule has 0 radical (unpaired) electrons. The predicted molar refractivity (Wildman–Crippen MR) is 63.7 cm³/mol. The third-order valence-electron chi connectivity index (χ3n) is 3.18. The van der Waals surface area contributed by atoms with Crippen LogP contribution in [0.25, 0.3) is 0 Å². The van der Waals surface area contributed by atoms with Gasteiger partial charge in [-0.25, -0.2) is 0 Å². The van der Waals surface area contributed by atoms with Crippen LogP contribution in [0.2, 0.25) is 0 Å². The van der Waals surface area contributed by atoms with Gasteiger partial charge in [-0.15, -0.1) is 0 Å². The minimum Gasteiger partial charge on any atom is -0.330 e. The van der Waals surface area contributed by atoms with E-state index in [9.17, 15) is 0 Å². The van der Waals surface area contributed by atoms with E-state index in [0.29, 0.717) is 5.92 Å². The molecule has 2 rings (SSSR count). The highest BCUT2D eigenvalue weighted by molar-refractivity contribution is 5.18. The largest absolute Gasteiger partial charge is 0.330 e. The second kappa shape index (κ2) is 5.11. The second-order valence-corrected chi connectivity index (χ2v) is 4.39. The zero-order valence-corrected chi connectivity index (χ0v) is 9.34. The number of nitriles is 1. The monoisotopic (exact) mass is 215 g/mol. The Hall–Kier alpha value is -1.37. The number of hydrogen-bond donors (Lipinski definition) is 1. The molecule has 0 saturated carbocycles. The molecule has 1 aromatic rings. The van der Waals surface area contributed by atoms with E-state index < -0.39 is 0 Å². The van der Waals surface area contributed by atoms with E-state index in [4.69, 9.17) is 11.0 Å². The molecule has 1 aliphatic heterocycles. The molecule has 1 fully saturated rings. The molecule has 1 aromatic carbocycles. The Bertz CT molecular complexity index is 363. The number of nitrogens with zero attached hydrogens (tertiary/aromatic N) is 2. The minimum atomic E-state index is 0.00481. The van der Waals surface area contributed by atoms with Gasteiger partial charge in [-0.3, -0.25) is 4.90 Å². The first-order valence-corrected chi connectivity index (χ1v) is 5.71. The topological polar surface area (TPSA) is 53.0 Å². The van der Waals surface area contributed by atoms with Crippen molar-refractivity contribution in [2.75, 3.05) is 19.6 Å². The van der Waals surface area contributed by atoms with Crippen LogP contribution >= 0.6 is 0 Å². The van der Waals surface area contributed by atoms with E-state index in [2.05, 4.69) is 23.1 Å². The number of hydrogen-bond acceptors (Lipinski definition) is 3. The Morgan fingerprint density at radius 1 is 1.38 bits per heavy atom. The molecule has 0 unspecified atom stereocenters. The van der Waals surface area contributed by atoms with Gasteiger partial charge in [-0.05, 0) is 18.0 Å². The summed E-state index contributed by atoms with van der Waals surface area (Å²) in [4.78, 5) is 2.21. The Morgan fingerprint density at radius 2 is 2.06 bits per heavy atom. The van der Waals surface area contributed by atoms with Crippen LogP contribution in [0, 0.1) is 17.2 Å². The quantitative estimate of drug-likeness (QED) is 0.815. The number of nitrogens with two attached hydrogens (primary N) is 1. The highest BCUT2D eigenvalue weighted by atomic mass is 15.2. The van der Waals surface area contributed by atoms with Crippen LogP contribution in [-0.4, -0.2) is 30.6 Å². The fourth-order valence-electron chi connectivity index (χ4n) is 2.11. The summed E-state index contributed by atoms with van der Waals surface area (Å²) in [5, 5.41) is 9.16. The molecule has 1 atom stereocenters. The van der Waals surface area contributed by atoms with Gasteiger partial charge in [0.05, 0.1) is 6.07 Å². The molecule has 0 spiro atoms. The summed E-state index contributed by atoms with van der Waals surface area (Å²) < 4.78 is 0. The molecule has 0 aromatic heterocycles. The van der Waals surface area contributed by atoms with Gasteiger partial charge in [0.15, 0.2) is 0 Å². The van der Waals surface area contributed by atoms with E-state index in [1.54, 1.807) is 0 Å². The molecule has 3 heteroatoms. The van der Waals surface area contributed by atoms with Gasteiger partial charge < -0.3 is 5.73 Å². The van der Waals surface area contributed by atoms with E-state index in [-0.39, 0.29) is 6.04 Å². The van der Waals surface area contributed by atoms with E-state index >= 15 is 0 Å². The van der Waals surface area contributed by atoms with Crippen LogP contribution in [0.4, 0.5) is 0 Å². The average molecular weight is 215 g/mol. The molecule has 1 heterocycles. The Balaban J connectivity index is 1.91. The first-order chi connectivity index (χ1) is 7.83. The zero-order valence-electron chi connectivity index (χ0n) is 9.34. The number of rotatable bonds is 4. The minimum absolute atomic E-state index is 0.00481. The number of likely N-dealkylation sites (tertiary alicyclic amines) is 1. The molecule has 1 aliphatic rings. The maximum atomic E-state index is 9.16. The Morgan fingerprint density at radius 3 is 2.62 bits per heavy atom. The van der Waals surface area contributed by atoms with Crippen molar-refractivity contribution in [1.82, 2.24) is 4.90 Å². The standard InChI is InChI=1S/C13H17N3/c14-7-12-9-16(10-12)13(8-15)6-11-4-2-1-3-5-11/h1-5,12-13H,6-7,9-10,14H2/t13-/m1/s1. The molecule has 2 N–H and O–H groups in total. The zero-order chi connectivity index (χ0) is 11.4. The van der Waals surface area contributed by atoms with Gasteiger partial charge in [0, 0.05) is 19.5 Å². The van der Waals surface area contributed by atoms with Crippen molar-refractivity contribution in [3.8, 4) is 6.07 Å². The molecule has 84 valence electrons. The summed E-state index contributed by atoms with van der Waals surface area (Å²) in [5.41, 5.74) is 6.81. The molecule has 1 saturated heterocycles. The number of benzene rings is 1. The highest BCUT2D eigenvalue weighted by Gasteiger charge is 2.31. The van der Waals surface area contributed by atoms with Gasteiger partial charge in [0.1, 0.15) is 6.04 Å². The molecule has 3 nitrogen and oxygen atoms in total. The van der Waals surface area contributed by atoms with Crippen molar-refractivity contribution in [3.63, 3.8) is 0 Å². The second-order valence-electron chi connectivity index (χ2n) is 4.39. The van der Waals surface area contributed by atoms with Gasteiger partial charge in [0.25, 0.3) is 0 Å². The third-order valence-corrected chi connectivity index (χ3v) is 3.18.